The first-order valence-electron chi connectivity index (χ1n) is 28.2. The molecule has 0 aliphatic carbocycles. The van der Waals surface area contributed by atoms with Gasteiger partial charge >= 0.3 is 17.9 Å². The maximum Gasteiger partial charge on any atom is 0.306 e. The van der Waals surface area contributed by atoms with Crippen molar-refractivity contribution in [2.75, 3.05) is 13.2 Å². The van der Waals surface area contributed by atoms with Gasteiger partial charge in [-0.15, -0.1) is 0 Å². The van der Waals surface area contributed by atoms with Gasteiger partial charge < -0.3 is 14.2 Å². The van der Waals surface area contributed by atoms with Crippen LogP contribution in [0, 0.1) is 0 Å². The van der Waals surface area contributed by atoms with Crippen molar-refractivity contribution in [2.24, 2.45) is 0 Å². The molecule has 68 heavy (non-hydrogen) atoms. The molecule has 0 amide bonds. The summed E-state index contributed by atoms with van der Waals surface area (Å²) in [4.78, 5) is 38.1. The molecule has 1 atom stereocenters. The van der Waals surface area contributed by atoms with E-state index in [9.17, 15) is 14.4 Å². The largest absolute Gasteiger partial charge is 0.462 e. The molecule has 0 saturated heterocycles. The van der Waals surface area contributed by atoms with Crippen molar-refractivity contribution in [2.45, 2.75) is 264 Å². The van der Waals surface area contributed by atoms with Gasteiger partial charge in [0, 0.05) is 19.3 Å². The maximum atomic E-state index is 12.8. The quantitative estimate of drug-likeness (QED) is 0.0262. The van der Waals surface area contributed by atoms with Crippen LogP contribution in [0.15, 0.2) is 97.2 Å². The fourth-order valence-corrected chi connectivity index (χ4v) is 7.66. The van der Waals surface area contributed by atoms with E-state index in [0.29, 0.717) is 19.3 Å². The summed E-state index contributed by atoms with van der Waals surface area (Å²) < 4.78 is 16.8. The van der Waals surface area contributed by atoms with Crippen LogP contribution in [0.2, 0.25) is 0 Å². The third-order valence-electron chi connectivity index (χ3n) is 11.8. The van der Waals surface area contributed by atoms with Crippen molar-refractivity contribution in [3.63, 3.8) is 0 Å². The van der Waals surface area contributed by atoms with E-state index in [2.05, 4.69) is 118 Å². The van der Waals surface area contributed by atoms with Crippen LogP contribution >= 0.6 is 0 Å². The highest BCUT2D eigenvalue weighted by molar-refractivity contribution is 5.71. The topological polar surface area (TPSA) is 78.9 Å². The van der Waals surface area contributed by atoms with E-state index in [1.165, 1.54) is 96.3 Å². The maximum absolute atomic E-state index is 12.8. The molecule has 1 unspecified atom stereocenters. The summed E-state index contributed by atoms with van der Waals surface area (Å²) in [5.41, 5.74) is 0. The van der Waals surface area contributed by atoms with Crippen LogP contribution in [0.25, 0.3) is 0 Å². The average molecular weight is 946 g/mol. The lowest BCUT2D eigenvalue weighted by atomic mass is 10.1. The summed E-state index contributed by atoms with van der Waals surface area (Å²) in [7, 11) is 0. The van der Waals surface area contributed by atoms with Gasteiger partial charge in [-0.1, -0.05) is 240 Å². The highest BCUT2D eigenvalue weighted by Crippen LogP contribution is 2.15. The number of ether oxygens (including phenoxy) is 3. The van der Waals surface area contributed by atoms with E-state index in [1.54, 1.807) is 0 Å². The lowest BCUT2D eigenvalue weighted by Crippen LogP contribution is -2.30. The van der Waals surface area contributed by atoms with Crippen LogP contribution < -0.4 is 0 Å². The number of hydrogen-bond acceptors (Lipinski definition) is 6. The zero-order valence-corrected chi connectivity index (χ0v) is 44.3. The predicted octanol–water partition coefficient (Wildman–Crippen LogP) is 18.9. The van der Waals surface area contributed by atoms with Crippen molar-refractivity contribution in [3.8, 4) is 0 Å². The molecule has 0 saturated carbocycles. The molecular formula is C62H104O6. The molecule has 0 aromatic carbocycles. The van der Waals surface area contributed by atoms with E-state index < -0.39 is 6.10 Å². The number of allylic oxidation sites excluding steroid dienone is 16. The monoisotopic (exact) mass is 945 g/mol. The average Bonchev–Trinajstić information content (AvgIpc) is 3.34. The van der Waals surface area contributed by atoms with Gasteiger partial charge in [0.15, 0.2) is 6.10 Å². The summed E-state index contributed by atoms with van der Waals surface area (Å²) in [5.74, 6) is -0.905. The molecule has 0 spiro atoms. The fourth-order valence-electron chi connectivity index (χ4n) is 7.66. The number of esters is 3. The Morgan fingerprint density at radius 1 is 0.309 bits per heavy atom. The Kier molecular flexibility index (Phi) is 52.9. The molecule has 0 aliphatic heterocycles. The summed E-state index contributed by atoms with van der Waals surface area (Å²) in [6.45, 7) is 6.39. The van der Waals surface area contributed by atoms with E-state index >= 15 is 0 Å². The Balaban J connectivity index is 4.34. The van der Waals surface area contributed by atoms with Crippen LogP contribution in [0.5, 0.6) is 0 Å². The SMILES string of the molecule is CC/C=C\C/C=C\C/C=C\C/C=C\C/C=C\CCCCCCCCCC(=O)OCC(COC(=O)CCCCCCCCCCCC)OC(=O)CCCCCCCCC/C=C\C/C=C\C/C=C\CC. The Labute approximate surface area is 419 Å². The van der Waals surface area contributed by atoms with Crippen molar-refractivity contribution in [3.05, 3.63) is 97.2 Å². The molecule has 0 aliphatic rings. The third kappa shape index (κ3) is 53.3. The minimum absolute atomic E-state index is 0.0841. The third-order valence-corrected chi connectivity index (χ3v) is 11.8. The molecule has 0 rings (SSSR count). The zero-order chi connectivity index (χ0) is 49.3. The Morgan fingerprint density at radius 2 is 0.574 bits per heavy atom. The van der Waals surface area contributed by atoms with Crippen LogP contribution in [-0.4, -0.2) is 37.2 Å². The van der Waals surface area contributed by atoms with Crippen LogP contribution in [-0.2, 0) is 28.6 Å². The van der Waals surface area contributed by atoms with Crippen molar-refractivity contribution in [1.82, 2.24) is 0 Å². The minimum atomic E-state index is -0.786. The fraction of sp³-hybridized carbons (Fsp3) is 0.694. The summed E-state index contributed by atoms with van der Waals surface area (Å²) in [6.07, 6.45) is 74.0. The highest BCUT2D eigenvalue weighted by atomic mass is 16.6. The number of carbonyl (C=O) groups excluding carboxylic acids is 3. The highest BCUT2D eigenvalue weighted by Gasteiger charge is 2.19. The van der Waals surface area contributed by atoms with Gasteiger partial charge in [0.05, 0.1) is 0 Å². The Morgan fingerprint density at radius 3 is 0.897 bits per heavy atom. The van der Waals surface area contributed by atoms with Gasteiger partial charge in [0.2, 0.25) is 0 Å². The molecule has 0 aromatic rings. The van der Waals surface area contributed by atoms with Crippen molar-refractivity contribution in [1.29, 1.82) is 0 Å². The van der Waals surface area contributed by atoms with Crippen LogP contribution in [0.1, 0.15) is 258 Å². The standard InChI is InChI=1S/C62H104O6/c1-4-7-10-13-16-19-22-24-26-28-29-30-31-32-33-35-36-38-40-43-46-49-52-55-61(64)67-58-59(57-66-60(63)54-51-48-45-42-21-18-15-12-9-6-3)68-62(65)56-53-50-47-44-41-39-37-34-27-25-23-20-17-14-11-8-5-2/h7-8,10-11,16-17,19-20,24-27,29-30,32-33,59H,4-6,9,12-15,18,21-23,28,31,34-58H2,1-3H3/b10-7-,11-8-,19-16-,20-17-,26-24-,27-25-,30-29-,33-32-. The molecule has 0 heterocycles. The molecule has 6 nitrogen and oxygen atoms in total. The predicted molar refractivity (Wildman–Crippen MR) is 293 cm³/mol. The van der Waals surface area contributed by atoms with Crippen LogP contribution in [0.4, 0.5) is 0 Å². The first kappa shape index (κ1) is 64.3. The van der Waals surface area contributed by atoms with E-state index in [-0.39, 0.29) is 31.1 Å². The van der Waals surface area contributed by atoms with E-state index in [4.69, 9.17) is 14.2 Å². The molecule has 0 radical (unpaired) electrons. The second-order valence-corrected chi connectivity index (χ2v) is 18.4. The van der Waals surface area contributed by atoms with E-state index in [0.717, 1.165) is 122 Å². The molecule has 0 bridgehead atoms. The molecular weight excluding hydrogens is 841 g/mol. The molecule has 0 aromatic heterocycles. The molecule has 0 N–H and O–H groups in total. The smallest absolute Gasteiger partial charge is 0.306 e. The summed E-state index contributed by atoms with van der Waals surface area (Å²) >= 11 is 0. The van der Waals surface area contributed by atoms with Gasteiger partial charge in [0.25, 0.3) is 0 Å². The number of unbranched alkanes of at least 4 members (excludes halogenated alkanes) is 23. The summed E-state index contributed by atoms with van der Waals surface area (Å²) in [6, 6.07) is 0. The van der Waals surface area contributed by atoms with Crippen molar-refractivity contribution < 1.29 is 28.6 Å². The molecule has 6 heteroatoms. The Bertz CT molecular complexity index is 1360. The second kappa shape index (κ2) is 55.9. The molecule has 388 valence electrons. The zero-order valence-electron chi connectivity index (χ0n) is 44.3. The van der Waals surface area contributed by atoms with Crippen LogP contribution in [0.3, 0.4) is 0 Å². The van der Waals surface area contributed by atoms with Gasteiger partial charge in [-0.05, 0) is 96.3 Å². The summed E-state index contributed by atoms with van der Waals surface area (Å²) in [5, 5.41) is 0. The van der Waals surface area contributed by atoms with Crippen molar-refractivity contribution >= 4 is 17.9 Å². The van der Waals surface area contributed by atoms with Gasteiger partial charge in [0.1, 0.15) is 13.2 Å². The number of rotatable bonds is 50. The second-order valence-electron chi connectivity index (χ2n) is 18.4. The van der Waals surface area contributed by atoms with Gasteiger partial charge in [-0.2, -0.15) is 0 Å². The normalized spacial score (nSPS) is 12.8. The lowest BCUT2D eigenvalue weighted by molar-refractivity contribution is -0.167. The molecule has 0 fully saturated rings. The lowest BCUT2D eigenvalue weighted by Gasteiger charge is -2.18. The number of carbonyl (C=O) groups is 3. The van der Waals surface area contributed by atoms with E-state index in [1.807, 2.05) is 0 Å². The minimum Gasteiger partial charge on any atom is -0.462 e. The van der Waals surface area contributed by atoms with Gasteiger partial charge in [-0.3, -0.25) is 14.4 Å². The first-order valence-corrected chi connectivity index (χ1v) is 28.2. The first-order chi connectivity index (χ1) is 33.5. The number of hydrogen-bond donors (Lipinski definition) is 0. The van der Waals surface area contributed by atoms with Gasteiger partial charge in [-0.25, -0.2) is 0 Å². The Hall–Kier alpha value is -3.67.